The van der Waals surface area contributed by atoms with Crippen molar-refractivity contribution in [2.75, 3.05) is 0 Å². The molecule has 0 aromatic carbocycles. The van der Waals surface area contributed by atoms with E-state index in [0.717, 1.165) is 6.89 Å². The lowest BCUT2D eigenvalue weighted by atomic mass is 10.0. The monoisotopic (exact) mass is 496 g/mol. The molecule has 23 heavy (non-hydrogen) atoms. The van der Waals surface area contributed by atoms with Crippen molar-refractivity contribution in [3.05, 3.63) is 0 Å². The second-order valence-electron chi connectivity index (χ2n) is 5.85. The summed E-state index contributed by atoms with van der Waals surface area (Å²) in [7, 11) is -0.490. The molecule has 0 bridgehead atoms. The summed E-state index contributed by atoms with van der Waals surface area (Å²) in [5.41, 5.74) is 0. The van der Waals surface area contributed by atoms with Crippen LogP contribution >= 0.6 is 55.8 Å². The van der Waals surface area contributed by atoms with Gasteiger partial charge in [0.2, 0.25) is 0 Å². The summed E-state index contributed by atoms with van der Waals surface area (Å²) in [6, 6.07) is -1.36. The predicted molar refractivity (Wildman–Crippen MR) is 99.1 cm³/mol. The summed E-state index contributed by atoms with van der Waals surface area (Å²) >= 11 is 17.6. The molecule has 0 heterocycles. The summed E-state index contributed by atoms with van der Waals surface area (Å²) in [4.78, 5) is 23.9. The minimum Gasteiger partial charge on any atom is -0.501 e. The van der Waals surface area contributed by atoms with Crippen molar-refractivity contribution in [1.29, 1.82) is 0 Å². The van der Waals surface area contributed by atoms with Crippen molar-refractivity contribution >= 4 is 75.5 Å². The molecule has 0 N–H and O–H groups in total. The van der Waals surface area contributed by atoms with Crippen LogP contribution in [-0.2, 0) is 18.9 Å². The lowest BCUT2D eigenvalue weighted by Gasteiger charge is -2.22. The molecule has 0 aliphatic carbocycles. The average Bonchev–Trinajstić information content (AvgIpc) is 2.40. The molecule has 11 heteroatoms. The third-order valence-electron chi connectivity index (χ3n) is 2.81. The Morgan fingerprint density at radius 3 is 1.43 bits per heavy atom. The largest absolute Gasteiger partial charge is 0.580 e. The van der Waals surface area contributed by atoms with Gasteiger partial charge in [-0.2, -0.15) is 0 Å². The summed E-state index contributed by atoms with van der Waals surface area (Å²) in [5.74, 6) is -0.689. The van der Waals surface area contributed by atoms with Gasteiger partial charge in [0.1, 0.15) is 12.1 Å². The van der Waals surface area contributed by atoms with Crippen LogP contribution in [-0.4, -0.2) is 38.6 Å². The lowest BCUT2D eigenvalue weighted by Crippen LogP contribution is -2.37. The molecule has 0 aliphatic heterocycles. The van der Waals surface area contributed by atoms with Crippen molar-refractivity contribution in [3.8, 4) is 0 Å². The number of carbonyl (C=O) groups excluding carboxylic acids is 2. The fraction of sp³-hybridized carbons (Fsp3) is 0.833. The Bertz CT molecular complexity index is 356. The minimum atomic E-state index is -0.678. The van der Waals surface area contributed by atoms with Gasteiger partial charge >= 0.3 is 19.6 Å². The van der Waals surface area contributed by atoms with E-state index in [9.17, 15) is 9.59 Å². The number of rotatable bonds is 10. The van der Waals surface area contributed by atoms with Crippen LogP contribution < -0.4 is 0 Å². The van der Waals surface area contributed by atoms with Gasteiger partial charge in [-0.3, -0.25) is 9.59 Å². The SMILES string of the molecule is CC(C)C[C@@H](C(=O)OBOC(=O)[C@H](CC(C)C)N(Cl)Br)N(Cl)Br. The average molecular weight is 499 g/mol. The molecule has 0 spiro atoms. The first-order valence-corrected chi connectivity index (χ1v) is 9.20. The van der Waals surface area contributed by atoms with E-state index in [-0.39, 0.29) is 11.8 Å². The molecule has 0 amide bonds. The van der Waals surface area contributed by atoms with Crippen LogP contribution in [0, 0.1) is 11.8 Å². The molecular weight excluding hydrogens is 478 g/mol. The lowest BCUT2D eigenvalue weighted by molar-refractivity contribution is -0.143. The molecule has 0 fully saturated rings. The van der Waals surface area contributed by atoms with Crippen molar-refractivity contribution in [3.63, 3.8) is 0 Å². The van der Waals surface area contributed by atoms with Gasteiger partial charge in [0.05, 0.1) is 0 Å². The normalized spacial score (nSPS) is 14.3. The molecular formula is C12H21BBr2Cl2N2O4. The molecule has 2 atom stereocenters. The summed E-state index contributed by atoms with van der Waals surface area (Å²) < 4.78 is 12.1. The zero-order valence-electron chi connectivity index (χ0n) is 13.5. The zero-order valence-corrected chi connectivity index (χ0v) is 18.2. The van der Waals surface area contributed by atoms with Crippen LogP contribution in [0.5, 0.6) is 0 Å². The van der Waals surface area contributed by atoms with Crippen LogP contribution in [0.2, 0.25) is 0 Å². The van der Waals surface area contributed by atoms with E-state index in [1.807, 2.05) is 27.7 Å². The van der Waals surface area contributed by atoms with Crippen LogP contribution in [0.15, 0.2) is 0 Å². The van der Waals surface area contributed by atoms with Crippen molar-refractivity contribution in [2.24, 2.45) is 11.8 Å². The molecule has 0 aliphatic rings. The Hall–Kier alpha value is 0.465. The first-order valence-electron chi connectivity index (χ1n) is 7.11. The second-order valence-corrected chi connectivity index (χ2v) is 8.93. The van der Waals surface area contributed by atoms with E-state index in [4.69, 9.17) is 32.9 Å². The van der Waals surface area contributed by atoms with E-state index in [0.29, 0.717) is 12.8 Å². The molecule has 134 valence electrons. The molecule has 0 unspecified atom stereocenters. The van der Waals surface area contributed by atoms with E-state index < -0.39 is 31.7 Å². The smallest absolute Gasteiger partial charge is 0.501 e. The third-order valence-corrected chi connectivity index (χ3v) is 4.27. The third kappa shape index (κ3) is 10.1. The van der Waals surface area contributed by atoms with Gasteiger partial charge in [-0.25, -0.2) is 0 Å². The Labute approximate surface area is 165 Å². The van der Waals surface area contributed by atoms with Gasteiger partial charge in [0.15, 0.2) is 0 Å². The molecule has 0 rings (SSSR count). The van der Waals surface area contributed by atoms with Gasteiger partial charge < -0.3 is 9.31 Å². The fourth-order valence-electron chi connectivity index (χ4n) is 1.74. The predicted octanol–water partition coefficient (Wildman–Crippen LogP) is 3.70. The molecule has 0 aromatic heterocycles. The number of hydrogen-bond donors (Lipinski definition) is 0. The number of carbonyl (C=O) groups is 2. The fourth-order valence-corrected chi connectivity index (χ4v) is 2.73. The number of hydrogen-bond acceptors (Lipinski definition) is 6. The highest BCUT2D eigenvalue weighted by Gasteiger charge is 2.29. The second kappa shape index (κ2) is 11.9. The van der Waals surface area contributed by atoms with Crippen LogP contribution in [0.1, 0.15) is 40.5 Å². The number of halogens is 4. The van der Waals surface area contributed by atoms with E-state index in [1.165, 1.54) is 0 Å². The van der Waals surface area contributed by atoms with Crippen molar-refractivity contribution < 1.29 is 18.9 Å². The first kappa shape index (κ1) is 23.5. The Balaban J connectivity index is 4.45. The summed E-state index contributed by atoms with van der Waals surface area (Å²) in [5, 5.41) is 0. The van der Waals surface area contributed by atoms with Gasteiger partial charge in [0, 0.05) is 32.3 Å². The maximum atomic E-state index is 12.0. The van der Waals surface area contributed by atoms with Gasteiger partial charge in [-0.1, -0.05) is 27.7 Å². The van der Waals surface area contributed by atoms with Crippen LogP contribution in [0.3, 0.4) is 0 Å². The molecule has 0 aromatic rings. The van der Waals surface area contributed by atoms with E-state index in [2.05, 4.69) is 32.3 Å². The zero-order chi connectivity index (χ0) is 18.2. The Kier molecular flexibility index (Phi) is 12.2. The van der Waals surface area contributed by atoms with Crippen molar-refractivity contribution in [2.45, 2.75) is 52.6 Å². The highest BCUT2D eigenvalue weighted by atomic mass is 79.9. The quantitative estimate of drug-likeness (QED) is 0.338. The maximum Gasteiger partial charge on any atom is 0.580 e. The minimum absolute atomic E-state index is 0.238. The van der Waals surface area contributed by atoms with Gasteiger partial charge in [0.25, 0.3) is 0 Å². The maximum absolute atomic E-state index is 12.0. The highest BCUT2D eigenvalue weighted by Crippen LogP contribution is 2.20. The van der Waals surface area contributed by atoms with Gasteiger partial charge in [-0.05, 0) is 48.2 Å². The Morgan fingerprint density at radius 2 is 1.22 bits per heavy atom. The first-order chi connectivity index (χ1) is 10.6. The molecule has 6 nitrogen and oxygen atoms in total. The van der Waals surface area contributed by atoms with Crippen molar-refractivity contribution in [1.82, 2.24) is 6.89 Å². The molecule has 0 saturated carbocycles. The van der Waals surface area contributed by atoms with Crippen LogP contribution in [0.25, 0.3) is 0 Å². The standard InChI is InChI=1S/C12H21BBr2Cl2N2O4/c1-7(2)5-9(18(14)16)11(20)22-13-23-12(21)10(19(15)17)6-8(3)4/h7-10,13H,5-6H2,1-4H3/t9-,10-/m0/s1. The molecule has 0 radical (unpaired) electrons. The molecule has 0 saturated heterocycles. The number of nitrogens with zero attached hydrogens (tertiary/aromatic N) is 2. The summed E-state index contributed by atoms with van der Waals surface area (Å²) in [6.07, 6.45) is 0.989. The van der Waals surface area contributed by atoms with Gasteiger partial charge in [-0.15, -0.1) is 6.89 Å². The topological polar surface area (TPSA) is 59.1 Å². The van der Waals surface area contributed by atoms with E-state index in [1.54, 1.807) is 0 Å². The highest BCUT2D eigenvalue weighted by molar-refractivity contribution is 9.08. The van der Waals surface area contributed by atoms with E-state index >= 15 is 0 Å². The van der Waals surface area contributed by atoms with Crippen LogP contribution in [0.4, 0.5) is 0 Å². The Morgan fingerprint density at radius 1 is 0.913 bits per heavy atom. The summed E-state index contributed by atoms with van der Waals surface area (Å²) in [6.45, 7) is 7.81.